The van der Waals surface area contributed by atoms with Crippen molar-refractivity contribution in [3.8, 4) is 11.4 Å². The molecule has 1 fully saturated rings. The summed E-state index contributed by atoms with van der Waals surface area (Å²) in [5.74, 6) is 1.38. The monoisotopic (exact) mass is 432 g/mol. The minimum atomic E-state index is -0.142. The van der Waals surface area contributed by atoms with Gasteiger partial charge < -0.3 is 9.64 Å². The Morgan fingerprint density at radius 2 is 1.90 bits per heavy atom. The van der Waals surface area contributed by atoms with E-state index in [1.807, 2.05) is 22.9 Å². The van der Waals surface area contributed by atoms with Gasteiger partial charge in [0.1, 0.15) is 5.75 Å². The van der Waals surface area contributed by atoms with Gasteiger partial charge in [0, 0.05) is 5.02 Å². The molecule has 0 saturated carbocycles. The van der Waals surface area contributed by atoms with Gasteiger partial charge in [0.2, 0.25) is 5.82 Å². The third kappa shape index (κ3) is 4.10. The first-order valence-electron chi connectivity index (χ1n) is 9.81. The van der Waals surface area contributed by atoms with Crippen LogP contribution in [0.25, 0.3) is 5.69 Å². The van der Waals surface area contributed by atoms with Gasteiger partial charge >= 0.3 is 0 Å². The summed E-state index contributed by atoms with van der Waals surface area (Å²) >= 11 is 12.9. The van der Waals surface area contributed by atoms with E-state index in [1.165, 1.54) is 11.3 Å². The normalized spacial score (nSPS) is 16.0. The predicted octanol–water partition coefficient (Wildman–Crippen LogP) is 3.44. The first-order chi connectivity index (χ1) is 14.1. The zero-order valence-electron chi connectivity index (χ0n) is 16.5. The van der Waals surface area contributed by atoms with Crippen LogP contribution in [0.2, 0.25) is 10.0 Å². The highest BCUT2D eigenvalue weighted by molar-refractivity contribution is 6.35. The van der Waals surface area contributed by atoms with Crippen LogP contribution >= 0.6 is 23.2 Å². The number of rotatable bonds is 5. The second kappa shape index (κ2) is 8.69. The summed E-state index contributed by atoms with van der Waals surface area (Å²) < 4.78 is 7.50. The summed E-state index contributed by atoms with van der Waals surface area (Å²) in [6.45, 7) is 4.11. The number of aromatic nitrogens is 4. The maximum Gasteiger partial charge on any atom is 0.219 e. The zero-order valence-corrected chi connectivity index (χ0v) is 18.0. The number of aryl methyl sites for hydroxylation is 1. The summed E-state index contributed by atoms with van der Waals surface area (Å²) in [6, 6.07) is 11.6. The Bertz CT molecular complexity index is 1000. The third-order valence-corrected chi connectivity index (χ3v) is 5.95. The number of halogens is 2. The lowest BCUT2D eigenvalue weighted by molar-refractivity contribution is -0.931. The molecule has 0 bridgehead atoms. The lowest BCUT2D eigenvalue weighted by Crippen LogP contribution is -3.13. The Hall–Kier alpha value is -2.15. The number of ether oxygens (including phenoxy) is 1. The van der Waals surface area contributed by atoms with Crippen LogP contribution in [0.1, 0.15) is 42.3 Å². The predicted molar refractivity (Wildman–Crippen MR) is 113 cm³/mol. The van der Waals surface area contributed by atoms with E-state index in [-0.39, 0.29) is 6.04 Å². The maximum absolute atomic E-state index is 6.48. The number of quaternary nitrogens is 1. The van der Waals surface area contributed by atoms with Crippen molar-refractivity contribution in [2.24, 2.45) is 0 Å². The van der Waals surface area contributed by atoms with E-state index in [9.17, 15) is 0 Å². The number of hydrogen-bond acceptors (Lipinski definition) is 4. The van der Waals surface area contributed by atoms with Crippen LogP contribution in [-0.2, 0) is 0 Å². The number of hydrogen-bond donors (Lipinski definition) is 1. The van der Waals surface area contributed by atoms with Gasteiger partial charge in [-0.2, -0.15) is 4.68 Å². The lowest BCUT2D eigenvalue weighted by atomic mass is 9.99. The molecular weight excluding hydrogens is 409 g/mol. The standard InChI is InChI=1S/C21H23Cl2N5O/c1-14-7-6-8-16(11-14)28-21(24-25-26-28)19(27-9-4-3-5-10-27)17-12-15(22)13-18(23)20(17)29-2/h6-8,11-13,19H,3-5,9-10H2,1-2H3/p+1/t19-/m1/s1. The molecular formula is C21H24Cl2N5O+. The van der Waals surface area contributed by atoms with Gasteiger partial charge in [0.05, 0.1) is 36.5 Å². The molecule has 1 atom stereocenters. The second-order valence-electron chi connectivity index (χ2n) is 7.45. The highest BCUT2D eigenvalue weighted by Gasteiger charge is 2.36. The van der Waals surface area contributed by atoms with Gasteiger partial charge in [-0.15, -0.1) is 5.10 Å². The van der Waals surface area contributed by atoms with Crippen molar-refractivity contribution in [2.45, 2.75) is 32.2 Å². The van der Waals surface area contributed by atoms with Crippen LogP contribution in [0.5, 0.6) is 5.75 Å². The number of nitrogens with one attached hydrogen (secondary N) is 1. The van der Waals surface area contributed by atoms with E-state index in [0.29, 0.717) is 15.8 Å². The van der Waals surface area contributed by atoms with E-state index in [1.54, 1.807) is 13.2 Å². The summed E-state index contributed by atoms with van der Waals surface area (Å²) in [4.78, 5) is 1.39. The summed E-state index contributed by atoms with van der Waals surface area (Å²) in [6.07, 6.45) is 3.56. The van der Waals surface area contributed by atoms with Gasteiger partial charge in [-0.3, -0.25) is 0 Å². The van der Waals surface area contributed by atoms with Crippen molar-refractivity contribution in [2.75, 3.05) is 20.2 Å². The largest absolute Gasteiger partial charge is 0.495 e. The minimum Gasteiger partial charge on any atom is -0.495 e. The molecule has 0 amide bonds. The number of benzene rings is 2. The Labute approximate surface area is 180 Å². The van der Waals surface area contributed by atoms with Crippen molar-refractivity contribution >= 4 is 23.2 Å². The van der Waals surface area contributed by atoms with Crippen molar-refractivity contribution in [1.29, 1.82) is 0 Å². The van der Waals surface area contributed by atoms with Crippen LogP contribution in [-0.4, -0.2) is 40.4 Å². The number of tetrazole rings is 1. The highest BCUT2D eigenvalue weighted by atomic mass is 35.5. The average Bonchev–Trinajstić information content (AvgIpc) is 3.18. The average molecular weight is 433 g/mol. The number of nitrogens with zero attached hydrogens (tertiary/aromatic N) is 4. The van der Waals surface area contributed by atoms with Crippen LogP contribution in [0.3, 0.4) is 0 Å². The highest BCUT2D eigenvalue weighted by Crippen LogP contribution is 2.37. The van der Waals surface area contributed by atoms with Crippen LogP contribution in [0.4, 0.5) is 0 Å². The van der Waals surface area contributed by atoms with Crippen molar-refractivity contribution in [3.05, 3.63) is 63.4 Å². The van der Waals surface area contributed by atoms with Crippen molar-refractivity contribution in [3.63, 3.8) is 0 Å². The molecule has 2 aromatic carbocycles. The second-order valence-corrected chi connectivity index (χ2v) is 8.29. The van der Waals surface area contributed by atoms with Crippen LogP contribution < -0.4 is 9.64 Å². The minimum absolute atomic E-state index is 0.142. The summed E-state index contributed by atoms with van der Waals surface area (Å²) in [5.41, 5.74) is 2.98. The molecule has 29 heavy (non-hydrogen) atoms. The Balaban J connectivity index is 1.89. The third-order valence-electron chi connectivity index (χ3n) is 5.45. The molecule has 6 nitrogen and oxygen atoms in total. The molecule has 4 rings (SSSR count). The van der Waals surface area contributed by atoms with Gasteiger partial charge in [-0.25, -0.2) is 0 Å². The Morgan fingerprint density at radius 1 is 1.10 bits per heavy atom. The van der Waals surface area contributed by atoms with E-state index in [4.69, 9.17) is 27.9 Å². The molecule has 0 aliphatic carbocycles. The molecule has 0 radical (unpaired) electrons. The molecule has 1 N–H and O–H groups in total. The molecule has 2 heterocycles. The van der Waals surface area contributed by atoms with E-state index in [2.05, 4.69) is 34.6 Å². The number of likely N-dealkylation sites (tertiary alicyclic amines) is 1. The Kier molecular flexibility index (Phi) is 6.04. The van der Waals surface area contributed by atoms with Crippen LogP contribution in [0.15, 0.2) is 36.4 Å². The molecule has 152 valence electrons. The molecule has 0 spiro atoms. The van der Waals surface area contributed by atoms with Gasteiger partial charge in [0.25, 0.3) is 0 Å². The first-order valence-corrected chi connectivity index (χ1v) is 10.6. The van der Waals surface area contributed by atoms with Gasteiger partial charge in [0.15, 0.2) is 6.04 Å². The molecule has 1 aliphatic rings. The van der Waals surface area contributed by atoms with Gasteiger partial charge in [-0.05, 0) is 66.4 Å². The fraction of sp³-hybridized carbons (Fsp3) is 0.381. The smallest absolute Gasteiger partial charge is 0.219 e. The van der Waals surface area contributed by atoms with Gasteiger partial charge in [-0.1, -0.05) is 35.3 Å². The SMILES string of the molecule is COc1c(Cl)cc(Cl)cc1[C@H](c1nnnn1-c1cccc(C)c1)[NH+]1CCCCC1. The lowest BCUT2D eigenvalue weighted by Gasteiger charge is -2.32. The summed E-state index contributed by atoms with van der Waals surface area (Å²) in [7, 11) is 1.63. The molecule has 8 heteroatoms. The Morgan fingerprint density at radius 3 is 2.62 bits per heavy atom. The van der Waals surface area contributed by atoms with E-state index < -0.39 is 0 Å². The quantitative estimate of drug-likeness (QED) is 0.670. The zero-order chi connectivity index (χ0) is 20.4. The summed E-state index contributed by atoms with van der Waals surface area (Å²) in [5, 5.41) is 13.8. The topological polar surface area (TPSA) is 57.3 Å². The molecule has 1 aromatic heterocycles. The van der Waals surface area contributed by atoms with Crippen LogP contribution in [0, 0.1) is 6.92 Å². The number of piperidine rings is 1. The van der Waals surface area contributed by atoms with Crippen molar-refractivity contribution in [1.82, 2.24) is 20.2 Å². The van der Waals surface area contributed by atoms with E-state index >= 15 is 0 Å². The van der Waals surface area contributed by atoms with Crippen molar-refractivity contribution < 1.29 is 9.64 Å². The molecule has 3 aromatic rings. The fourth-order valence-corrected chi connectivity index (χ4v) is 4.75. The molecule has 1 aliphatic heterocycles. The van der Waals surface area contributed by atoms with E-state index in [0.717, 1.165) is 48.6 Å². The first kappa shape index (κ1) is 20.1. The molecule has 0 unspecified atom stereocenters. The fourth-order valence-electron chi connectivity index (χ4n) is 4.16. The number of methoxy groups -OCH3 is 1. The molecule has 1 saturated heterocycles. The maximum atomic E-state index is 6.48.